The number of pyridine rings is 1. The third-order valence-corrected chi connectivity index (χ3v) is 4.68. The highest BCUT2D eigenvalue weighted by molar-refractivity contribution is 5.93. The number of carbonyl (C=O) groups excluding carboxylic acids is 1. The average molecular weight is 357 g/mol. The van der Waals surface area contributed by atoms with E-state index in [2.05, 4.69) is 9.88 Å². The molecule has 1 amide bonds. The molecule has 0 spiro atoms. The van der Waals surface area contributed by atoms with E-state index in [4.69, 9.17) is 4.74 Å². The van der Waals surface area contributed by atoms with Crippen LogP contribution in [-0.4, -0.2) is 48.6 Å². The summed E-state index contributed by atoms with van der Waals surface area (Å²) >= 11 is 0. The van der Waals surface area contributed by atoms with E-state index in [9.17, 15) is 9.18 Å². The van der Waals surface area contributed by atoms with E-state index < -0.39 is 0 Å². The number of halogens is 1. The van der Waals surface area contributed by atoms with Gasteiger partial charge in [0.05, 0.1) is 5.56 Å². The number of aromatic nitrogens is 1. The van der Waals surface area contributed by atoms with Crippen LogP contribution in [0, 0.1) is 5.82 Å². The van der Waals surface area contributed by atoms with Gasteiger partial charge in [0.15, 0.2) is 0 Å². The lowest BCUT2D eigenvalue weighted by molar-refractivity contribution is 0.0802. The van der Waals surface area contributed by atoms with Crippen LogP contribution in [0.15, 0.2) is 42.6 Å². The molecule has 0 bridgehead atoms. The minimum Gasteiger partial charge on any atom is -0.490 e. The average Bonchev–Trinajstić information content (AvgIpc) is 2.67. The first-order valence-electron chi connectivity index (χ1n) is 8.95. The van der Waals surface area contributed by atoms with Gasteiger partial charge in [0, 0.05) is 51.8 Å². The first-order chi connectivity index (χ1) is 12.6. The molecule has 0 atom stereocenters. The summed E-state index contributed by atoms with van der Waals surface area (Å²) in [4.78, 5) is 20.4. The molecule has 1 aromatic carbocycles. The zero-order chi connectivity index (χ0) is 18.5. The second-order valence-corrected chi connectivity index (χ2v) is 6.49. The zero-order valence-electron chi connectivity index (χ0n) is 15.2. The molecule has 1 saturated heterocycles. The van der Waals surface area contributed by atoms with Crippen LogP contribution in [-0.2, 0) is 0 Å². The van der Waals surface area contributed by atoms with Crippen LogP contribution in [0.3, 0.4) is 0 Å². The van der Waals surface area contributed by atoms with Crippen molar-refractivity contribution >= 4 is 11.7 Å². The molecule has 138 valence electrons. The first-order valence-corrected chi connectivity index (χ1v) is 8.95. The van der Waals surface area contributed by atoms with Gasteiger partial charge in [-0.3, -0.25) is 4.79 Å². The molecular formula is C20H24FN3O2. The summed E-state index contributed by atoms with van der Waals surface area (Å²) in [5.74, 6) is 1.13. The molecule has 0 saturated carbocycles. The molecule has 1 fully saturated rings. The number of benzene rings is 1. The Hall–Kier alpha value is -2.63. The Kier molecular flexibility index (Phi) is 5.71. The van der Waals surface area contributed by atoms with Crippen molar-refractivity contribution in [1.29, 1.82) is 0 Å². The fraction of sp³-hybridized carbons (Fsp3) is 0.400. The highest BCUT2D eigenvalue weighted by atomic mass is 19.1. The largest absolute Gasteiger partial charge is 0.490 e. The lowest BCUT2D eigenvalue weighted by Gasteiger charge is -2.33. The second kappa shape index (κ2) is 8.17. The van der Waals surface area contributed by atoms with E-state index in [1.807, 2.05) is 19.1 Å². The third-order valence-electron chi connectivity index (χ3n) is 4.68. The number of rotatable bonds is 5. The molecule has 0 unspecified atom stereocenters. The maximum absolute atomic E-state index is 13.2. The van der Waals surface area contributed by atoms with Crippen molar-refractivity contribution in [3.05, 3.63) is 54.0 Å². The summed E-state index contributed by atoms with van der Waals surface area (Å²) in [6, 6.07) is 9.98. The molecule has 0 aliphatic carbocycles. The maximum atomic E-state index is 13.2. The van der Waals surface area contributed by atoms with E-state index in [0.29, 0.717) is 17.9 Å². The Morgan fingerprint density at radius 3 is 2.69 bits per heavy atom. The number of nitrogens with zero attached hydrogens (tertiary/aromatic N) is 3. The molecule has 26 heavy (non-hydrogen) atoms. The second-order valence-electron chi connectivity index (χ2n) is 6.49. The number of hydrogen-bond acceptors (Lipinski definition) is 4. The van der Waals surface area contributed by atoms with E-state index in [0.717, 1.165) is 31.7 Å². The van der Waals surface area contributed by atoms with Crippen LogP contribution in [0.4, 0.5) is 10.2 Å². The standard InChI is InChI=1S/C20H24FN3O2/c1-3-23(2)20(25)15-7-8-19(22-14-15)24-11-9-17(10-12-24)26-18-6-4-5-16(21)13-18/h4-8,13-14,17H,3,9-12H2,1-2H3. The number of ether oxygens (including phenoxy) is 1. The maximum Gasteiger partial charge on any atom is 0.255 e. The number of hydrogen-bond donors (Lipinski definition) is 0. The molecule has 0 N–H and O–H groups in total. The number of piperidine rings is 1. The predicted octanol–water partition coefficient (Wildman–Crippen LogP) is 3.36. The Balaban J connectivity index is 1.55. The lowest BCUT2D eigenvalue weighted by atomic mass is 10.1. The molecule has 6 heteroatoms. The number of amides is 1. The normalized spacial score (nSPS) is 15.0. The van der Waals surface area contributed by atoms with Gasteiger partial charge in [0.1, 0.15) is 23.5 Å². The van der Waals surface area contributed by atoms with Gasteiger partial charge in [-0.2, -0.15) is 0 Å². The summed E-state index contributed by atoms with van der Waals surface area (Å²) in [6.07, 6.45) is 3.40. The van der Waals surface area contributed by atoms with Crippen molar-refractivity contribution in [1.82, 2.24) is 9.88 Å². The zero-order valence-corrected chi connectivity index (χ0v) is 15.2. The molecule has 1 aliphatic rings. The van der Waals surface area contributed by atoms with Crippen LogP contribution in [0.1, 0.15) is 30.1 Å². The smallest absolute Gasteiger partial charge is 0.255 e. The summed E-state index contributed by atoms with van der Waals surface area (Å²) < 4.78 is 19.1. The van der Waals surface area contributed by atoms with Gasteiger partial charge in [-0.15, -0.1) is 0 Å². The van der Waals surface area contributed by atoms with Crippen LogP contribution in [0.2, 0.25) is 0 Å². The van der Waals surface area contributed by atoms with Crippen LogP contribution >= 0.6 is 0 Å². The molecule has 5 nitrogen and oxygen atoms in total. The van der Waals surface area contributed by atoms with E-state index in [-0.39, 0.29) is 17.8 Å². The SMILES string of the molecule is CCN(C)C(=O)c1ccc(N2CCC(Oc3cccc(F)c3)CC2)nc1. The van der Waals surface area contributed by atoms with Crippen molar-refractivity contribution in [2.75, 3.05) is 31.6 Å². The van der Waals surface area contributed by atoms with Gasteiger partial charge >= 0.3 is 0 Å². The molecule has 2 aromatic rings. The fourth-order valence-electron chi connectivity index (χ4n) is 3.00. The quantitative estimate of drug-likeness (QED) is 0.823. The summed E-state index contributed by atoms with van der Waals surface area (Å²) in [6.45, 7) is 4.24. The molecular weight excluding hydrogens is 333 g/mol. The van der Waals surface area contributed by atoms with Gasteiger partial charge in [-0.1, -0.05) is 6.07 Å². The van der Waals surface area contributed by atoms with E-state index >= 15 is 0 Å². The monoisotopic (exact) mass is 357 g/mol. The molecule has 2 heterocycles. The van der Waals surface area contributed by atoms with Crippen molar-refractivity contribution in [2.24, 2.45) is 0 Å². The van der Waals surface area contributed by atoms with Gasteiger partial charge in [-0.05, 0) is 31.2 Å². The lowest BCUT2D eigenvalue weighted by Crippen LogP contribution is -2.38. The van der Waals surface area contributed by atoms with Crippen molar-refractivity contribution in [2.45, 2.75) is 25.9 Å². The predicted molar refractivity (Wildman–Crippen MR) is 99.1 cm³/mol. The van der Waals surface area contributed by atoms with Crippen molar-refractivity contribution in [3.8, 4) is 5.75 Å². The fourth-order valence-corrected chi connectivity index (χ4v) is 3.00. The van der Waals surface area contributed by atoms with Crippen LogP contribution in [0.5, 0.6) is 5.75 Å². The highest BCUT2D eigenvalue weighted by Crippen LogP contribution is 2.22. The molecule has 1 aromatic heterocycles. The Morgan fingerprint density at radius 1 is 1.31 bits per heavy atom. The van der Waals surface area contributed by atoms with Crippen molar-refractivity contribution < 1.29 is 13.9 Å². The summed E-state index contributed by atoms with van der Waals surface area (Å²) in [5, 5.41) is 0. The first kappa shape index (κ1) is 18.2. The number of anilines is 1. The van der Waals surface area contributed by atoms with Crippen LogP contribution in [0.25, 0.3) is 0 Å². The van der Waals surface area contributed by atoms with Crippen molar-refractivity contribution in [3.63, 3.8) is 0 Å². The number of carbonyl (C=O) groups is 1. The highest BCUT2D eigenvalue weighted by Gasteiger charge is 2.22. The van der Waals surface area contributed by atoms with Gasteiger partial charge in [0.2, 0.25) is 0 Å². The summed E-state index contributed by atoms with van der Waals surface area (Å²) in [5.41, 5.74) is 0.599. The topological polar surface area (TPSA) is 45.7 Å². The Bertz CT molecular complexity index is 743. The summed E-state index contributed by atoms with van der Waals surface area (Å²) in [7, 11) is 1.78. The van der Waals surface area contributed by atoms with E-state index in [1.54, 1.807) is 30.3 Å². The Morgan fingerprint density at radius 2 is 2.08 bits per heavy atom. The van der Waals surface area contributed by atoms with E-state index in [1.165, 1.54) is 12.1 Å². The minimum atomic E-state index is -0.285. The minimum absolute atomic E-state index is 0.0197. The molecule has 0 radical (unpaired) electrons. The van der Waals surface area contributed by atoms with Gasteiger partial charge in [-0.25, -0.2) is 9.37 Å². The third kappa shape index (κ3) is 4.31. The molecule has 3 rings (SSSR count). The Labute approximate surface area is 153 Å². The van der Waals surface area contributed by atoms with Gasteiger partial charge < -0.3 is 14.5 Å². The van der Waals surface area contributed by atoms with Gasteiger partial charge in [0.25, 0.3) is 5.91 Å². The molecule has 1 aliphatic heterocycles. The van der Waals surface area contributed by atoms with Crippen LogP contribution < -0.4 is 9.64 Å².